The van der Waals surface area contributed by atoms with Crippen LogP contribution in [-0.2, 0) is 6.54 Å². The fraction of sp³-hybridized carbons (Fsp3) is 0.727. The molecule has 4 heteroatoms. The summed E-state index contributed by atoms with van der Waals surface area (Å²) in [6, 6.07) is 2.59. The summed E-state index contributed by atoms with van der Waals surface area (Å²) in [5.41, 5.74) is 0. The average molecular weight is 210 g/mol. The summed E-state index contributed by atoms with van der Waals surface area (Å²) in [6.45, 7) is 2.03. The minimum atomic E-state index is 0.264. The zero-order valence-electron chi connectivity index (χ0n) is 8.93. The van der Waals surface area contributed by atoms with Crippen LogP contribution in [0.15, 0.2) is 16.8 Å². The molecule has 1 aromatic rings. The number of rotatable bonds is 6. The molecular weight excluding hydrogens is 192 g/mol. The normalized spacial score (nSPS) is 16.9. The Balaban J connectivity index is 1.86. The minimum absolute atomic E-state index is 0.264. The second kappa shape index (κ2) is 5.28. The third kappa shape index (κ3) is 2.79. The first-order valence-corrected chi connectivity index (χ1v) is 5.64. The van der Waals surface area contributed by atoms with Crippen LogP contribution < -0.4 is 0 Å². The standard InChI is InChI=1S/C11H18N2O2/c14-8-2-7-13(10-3-1-4-10)9-11-5-6-12-15-11/h5-6,10,14H,1-4,7-9H2. The molecule has 0 amide bonds. The molecule has 4 nitrogen and oxygen atoms in total. The van der Waals surface area contributed by atoms with Crippen molar-refractivity contribution in [2.45, 2.75) is 38.3 Å². The molecule has 0 atom stereocenters. The lowest BCUT2D eigenvalue weighted by Gasteiger charge is -2.36. The molecule has 84 valence electrons. The lowest BCUT2D eigenvalue weighted by molar-refractivity contribution is 0.0989. The maximum absolute atomic E-state index is 8.85. The van der Waals surface area contributed by atoms with Gasteiger partial charge in [0.05, 0.1) is 12.7 Å². The van der Waals surface area contributed by atoms with Gasteiger partial charge >= 0.3 is 0 Å². The molecule has 1 aliphatic carbocycles. The van der Waals surface area contributed by atoms with E-state index in [1.165, 1.54) is 19.3 Å². The molecule has 0 radical (unpaired) electrons. The SMILES string of the molecule is OCCCN(Cc1ccno1)C1CCC1. The third-order valence-electron chi connectivity index (χ3n) is 3.04. The number of aliphatic hydroxyl groups is 1. The number of aromatic nitrogens is 1. The largest absolute Gasteiger partial charge is 0.396 e. The van der Waals surface area contributed by atoms with Crippen LogP contribution in [0.5, 0.6) is 0 Å². The third-order valence-corrected chi connectivity index (χ3v) is 3.04. The van der Waals surface area contributed by atoms with Crippen LogP contribution in [0.1, 0.15) is 31.4 Å². The Kier molecular flexibility index (Phi) is 3.75. The Morgan fingerprint density at radius 2 is 2.40 bits per heavy atom. The van der Waals surface area contributed by atoms with Crippen LogP contribution in [0.2, 0.25) is 0 Å². The number of hydrogen-bond acceptors (Lipinski definition) is 4. The van der Waals surface area contributed by atoms with E-state index in [1.807, 2.05) is 6.07 Å². The van der Waals surface area contributed by atoms with Crippen LogP contribution >= 0.6 is 0 Å². The molecule has 1 heterocycles. The Bertz CT molecular complexity index is 270. The zero-order chi connectivity index (χ0) is 10.5. The highest BCUT2D eigenvalue weighted by Crippen LogP contribution is 2.26. The van der Waals surface area contributed by atoms with Crippen molar-refractivity contribution in [1.82, 2.24) is 10.1 Å². The maximum atomic E-state index is 8.85. The van der Waals surface area contributed by atoms with Gasteiger partial charge in [0.25, 0.3) is 0 Å². The maximum Gasteiger partial charge on any atom is 0.150 e. The molecule has 0 unspecified atom stereocenters. The highest BCUT2D eigenvalue weighted by Gasteiger charge is 2.25. The summed E-state index contributed by atoms with van der Waals surface area (Å²) in [6.07, 6.45) is 6.40. The van der Waals surface area contributed by atoms with E-state index in [0.717, 1.165) is 25.3 Å². The van der Waals surface area contributed by atoms with Crippen LogP contribution in [0, 0.1) is 0 Å². The van der Waals surface area contributed by atoms with Gasteiger partial charge in [-0.2, -0.15) is 0 Å². The van der Waals surface area contributed by atoms with E-state index in [2.05, 4.69) is 10.1 Å². The topological polar surface area (TPSA) is 49.5 Å². The summed E-state index contributed by atoms with van der Waals surface area (Å²) in [5.74, 6) is 0.917. The van der Waals surface area contributed by atoms with Gasteiger partial charge in [0.2, 0.25) is 0 Å². The highest BCUT2D eigenvalue weighted by atomic mass is 16.5. The highest BCUT2D eigenvalue weighted by molar-refractivity contribution is 4.94. The van der Waals surface area contributed by atoms with Crippen LogP contribution in [0.4, 0.5) is 0 Å². The first kappa shape index (κ1) is 10.6. The summed E-state index contributed by atoms with van der Waals surface area (Å²) < 4.78 is 5.11. The summed E-state index contributed by atoms with van der Waals surface area (Å²) in [7, 11) is 0. The summed E-state index contributed by atoms with van der Waals surface area (Å²) >= 11 is 0. The van der Waals surface area contributed by atoms with Gasteiger partial charge in [0, 0.05) is 25.3 Å². The van der Waals surface area contributed by atoms with Gasteiger partial charge in [-0.05, 0) is 19.3 Å². The molecule has 0 bridgehead atoms. The summed E-state index contributed by atoms with van der Waals surface area (Å²) in [5, 5.41) is 12.6. The first-order chi connectivity index (χ1) is 7.40. The van der Waals surface area contributed by atoms with Crippen molar-refractivity contribution in [2.75, 3.05) is 13.2 Å². The average Bonchev–Trinajstić information content (AvgIpc) is 2.64. The molecule has 0 aromatic carbocycles. The quantitative estimate of drug-likeness (QED) is 0.771. The van der Waals surface area contributed by atoms with Gasteiger partial charge in [-0.1, -0.05) is 11.6 Å². The van der Waals surface area contributed by atoms with Gasteiger partial charge in [-0.15, -0.1) is 0 Å². The van der Waals surface area contributed by atoms with E-state index < -0.39 is 0 Å². The molecule has 1 aromatic heterocycles. The smallest absolute Gasteiger partial charge is 0.150 e. The Labute approximate surface area is 89.9 Å². The van der Waals surface area contributed by atoms with E-state index >= 15 is 0 Å². The van der Waals surface area contributed by atoms with E-state index in [4.69, 9.17) is 9.63 Å². The van der Waals surface area contributed by atoms with Gasteiger partial charge < -0.3 is 9.63 Å². The molecule has 1 N–H and O–H groups in total. The molecule has 2 rings (SSSR count). The minimum Gasteiger partial charge on any atom is -0.396 e. The van der Waals surface area contributed by atoms with Crippen molar-refractivity contribution < 1.29 is 9.63 Å². The van der Waals surface area contributed by atoms with Crippen molar-refractivity contribution >= 4 is 0 Å². The molecule has 0 saturated heterocycles. The van der Waals surface area contributed by atoms with Crippen LogP contribution in [0.25, 0.3) is 0 Å². The monoisotopic (exact) mass is 210 g/mol. The molecule has 1 fully saturated rings. The second-order valence-corrected chi connectivity index (χ2v) is 4.11. The van der Waals surface area contributed by atoms with Crippen LogP contribution in [-0.4, -0.2) is 34.4 Å². The van der Waals surface area contributed by atoms with Gasteiger partial charge in [0.1, 0.15) is 0 Å². The lowest BCUT2D eigenvalue weighted by atomic mass is 9.91. The molecular formula is C11H18N2O2. The number of nitrogens with zero attached hydrogens (tertiary/aromatic N) is 2. The van der Waals surface area contributed by atoms with Crippen molar-refractivity contribution in [2.24, 2.45) is 0 Å². The molecule has 1 saturated carbocycles. The van der Waals surface area contributed by atoms with Crippen molar-refractivity contribution in [3.8, 4) is 0 Å². The Morgan fingerprint density at radius 1 is 1.53 bits per heavy atom. The number of hydrogen-bond donors (Lipinski definition) is 1. The van der Waals surface area contributed by atoms with Gasteiger partial charge in [-0.25, -0.2) is 0 Å². The first-order valence-electron chi connectivity index (χ1n) is 5.64. The predicted molar refractivity (Wildman–Crippen MR) is 56.3 cm³/mol. The van der Waals surface area contributed by atoms with Crippen molar-refractivity contribution in [3.05, 3.63) is 18.0 Å². The summed E-state index contributed by atoms with van der Waals surface area (Å²) in [4.78, 5) is 2.39. The van der Waals surface area contributed by atoms with E-state index in [1.54, 1.807) is 6.20 Å². The second-order valence-electron chi connectivity index (χ2n) is 4.11. The molecule has 0 aliphatic heterocycles. The van der Waals surface area contributed by atoms with Crippen molar-refractivity contribution in [3.63, 3.8) is 0 Å². The van der Waals surface area contributed by atoms with E-state index in [9.17, 15) is 0 Å². The number of aliphatic hydroxyl groups excluding tert-OH is 1. The Morgan fingerprint density at radius 3 is 2.93 bits per heavy atom. The Hall–Kier alpha value is -0.870. The lowest BCUT2D eigenvalue weighted by Crippen LogP contribution is -2.40. The molecule has 0 spiro atoms. The van der Waals surface area contributed by atoms with E-state index in [0.29, 0.717) is 6.04 Å². The zero-order valence-corrected chi connectivity index (χ0v) is 8.93. The fourth-order valence-electron chi connectivity index (χ4n) is 1.94. The molecule has 1 aliphatic rings. The van der Waals surface area contributed by atoms with Gasteiger partial charge in [-0.3, -0.25) is 4.90 Å². The van der Waals surface area contributed by atoms with Gasteiger partial charge in [0.15, 0.2) is 5.76 Å². The van der Waals surface area contributed by atoms with Crippen LogP contribution in [0.3, 0.4) is 0 Å². The molecule has 15 heavy (non-hydrogen) atoms. The van der Waals surface area contributed by atoms with E-state index in [-0.39, 0.29) is 6.61 Å². The predicted octanol–water partition coefficient (Wildman–Crippen LogP) is 1.41. The van der Waals surface area contributed by atoms with Crippen molar-refractivity contribution in [1.29, 1.82) is 0 Å². The fourth-order valence-corrected chi connectivity index (χ4v) is 1.94.